The van der Waals surface area contributed by atoms with E-state index in [1.165, 1.54) is 28.7 Å². The van der Waals surface area contributed by atoms with Crippen LogP contribution in [0.1, 0.15) is 55.4 Å². The lowest BCUT2D eigenvalue weighted by molar-refractivity contribution is -0.000919. The molecule has 2 aliphatic carbocycles. The number of nitrogens with zero attached hydrogens (tertiary/aromatic N) is 2. The Hall–Kier alpha value is -1.02. The number of rotatable bonds is 6. The Balaban J connectivity index is 1.31. The van der Waals surface area contributed by atoms with Gasteiger partial charge in [0.2, 0.25) is 0 Å². The molecule has 0 aromatic carbocycles. The van der Waals surface area contributed by atoms with Gasteiger partial charge in [-0.3, -0.25) is 9.11 Å². The van der Waals surface area contributed by atoms with Gasteiger partial charge in [0, 0.05) is 52.5 Å². The van der Waals surface area contributed by atoms with Crippen LogP contribution in [0.25, 0.3) is 10.2 Å². The molecule has 3 aliphatic rings. The predicted octanol–water partition coefficient (Wildman–Crippen LogP) is 4.12. The fourth-order valence-electron chi connectivity index (χ4n) is 5.39. The van der Waals surface area contributed by atoms with Crippen LogP contribution in [0.4, 0.5) is 0 Å². The molecule has 2 atom stereocenters. The lowest BCUT2D eigenvalue weighted by Crippen LogP contribution is -2.46. The first kappa shape index (κ1) is 20.9. The largest absolute Gasteiger partial charge is 0.490 e. The molecule has 2 fully saturated rings. The summed E-state index contributed by atoms with van der Waals surface area (Å²) in [5.41, 5.74) is 1.39. The highest BCUT2D eigenvalue weighted by atomic mass is 32.2. The van der Waals surface area contributed by atoms with Crippen LogP contribution in [0.15, 0.2) is 12.3 Å². The van der Waals surface area contributed by atoms with Crippen molar-refractivity contribution < 1.29 is 13.7 Å². The molecule has 30 heavy (non-hydrogen) atoms. The molecule has 2 aromatic rings. The molecular weight excluding hydrogens is 416 g/mol. The molecule has 2 aromatic heterocycles. The molecule has 0 bridgehead atoms. The van der Waals surface area contributed by atoms with Crippen molar-refractivity contribution in [2.45, 2.75) is 63.5 Å². The number of aromatic nitrogens is 1. The van der Waals surface area contributed by atoms with E-state index in [-0.39, 0.29) is 6.10 Å². The number of fused-ring (bicyclic) bond motifs is 3. The number of morpholine rings is 1. The van der Waals surface area contributed by atoms with Crippen molar-refractivity contribution >= 4 is 32.4 Å². The van der Waals surface area contributed by atoms with Crippen molar-refractivity contribution in [2.75, 3.05) is 37.8 Å². The molecule has 0 N–H and O–H groups in total. The van der Waals surface area contributed by atoms with Gasteiger partial charge in [-0.15, -0.1) is 11.3 Å². The summed E-state index contributed by atoms with van der Waals surface area (Å²) in [7, 11) is -0.741. The van der Waals surface area contributed by atoms with Crippen molar-refractivity contribution in [3.8, 4) is 5.75 Å². The molecule has 0 radical (unpaired) electrons. The molecule has 164 valence electrons. The number of aryl methyl sites for hydroxylation is 1. The SMILES string of the molecule is CC[S@@](=O)C[C@H]1CCc2sc3nccc(OC4CCC(N5CCOCC5)CC4)c3c21. The third-order valence-electron chi connectivity index (χ3n) is 7.00. The van der Waals surface area contributed by atoms with Crippen LogP contribution in [0.3, 0.4) is 0 Å². The second-order valence-corrected chi connectivity index (χ2v) is 11.6. The molecule has 5 nitrogen and oxygen atoms in total. The van der Waals surface area contributed by atoms with Crippen molar-refractivity contribution in [1.29, 1.82) is 0 Å². The summed E-state index contributed by atoms with van der Waals surface area (Å²) in [4.78, 5) is 9.78. The smallest absolute Gasteiger partial charge is 0.131 e. The Morgan fingerprint density at radius 1 is 1.23 bits per heavy atom. The van der Waals surface area contributed by atoms with E-state index in [4.69, 9.17) is 9.47 Å². The van der Waals surface area contributed by atoms with Gasteiger partial charge >= 0.3 is 0 Å². The minimum absolute atomic E-state index is 0.285. The average Bonchev–Trinajstić information content (AvgIpc) is 3.35. The molecular formula is C23H32N2O3S2. The van der Waals surface area contributed by atoms with Crippen molar-refractivity contribution in [1.82, 2.24) is 9.88 Å². The molecule has 1 saturated carbocycles. The fourth-order valence-corrected chi connectivity index (χ4v) is 7.66. The molecule has 7 heteroatoms. The third-order valence-corrected chi connectivity index (χ3v) is 9.60. The maximum Gasteiger partial charge on any atom is 0.131 e. The zero-order chi connectivity index (χ0) is 20.5. The maximum absolute atomic E-state index is 12.3. The van der Waals surface area contributed by atoms with Crippen LogP contribution in [-0.4, -0.2) is 64.0 Å². The molecule has 0 unspecified atom stereocenters. The van der Waals surface area contributed by atoms with Gasteiger partial charge in [0.15, 0.2) is 0 Å². The van der Waals surface area contributed by atoms with Gasteiger partial charge < -0.3 is 9.47 Å². The number of thiophene rings is 1. The summed E-state index contributed by atoms with van der Waals surface area (Å²) in [6, 6.07) is 2.74. The van der Waals surface area contributed by atoms with Gasteiger partial charge in [0.05, 0.1) is 24.7 Å². The van der Waals surface area contributed by atoms with E-state index in [0.717, 1.165) is 74.1 Å². The Bertz CT molecular complexity index is 901. The van der Waals surface area contributed by atoms with E-state index in [2.05, 4.69) is 16.0 Å². The van der Waals surface area contributed by atoms with E-state index >= 15 is 0 Å². The maximum atomic E-state index is 12.3. The van der Waals surface area contributed by atoms with Crippen LogP contribution in [-0.2, 0) is 22.0 Å². The summed E-state index contributed by atoms with van der Waals surface area (Å²) in [5, 5.41) is 1.21. The van der Waals surface area contributed by atoms with Crippen LogP contribution in [0.2, 0.25) is 0 Å². The standard InChI is InChI=1S/C23H32N2O3S2/c1-2-30(26)15-16-3-8-20-21(16)22-19(9-10-24-23(22)29-20)28-18-6-4-17(5-7-18)25-11-13-27-14-12-25/h9-10,16-18H,2-8,11-15H2,1H3/t16-,17?,18?,30-/m1/s1. The zero-order valence-electron chi connectivity index (χ0n) is 17.8. The molecule has 1 saturated heterocycles. The van der Waals surface area contributed by atoms with Gasteiger partial charge in [0.1, 0.15) is 10.6 Å². The number of hydrogen-bond acceptors (Lipinski definition) is 6. The van der Waals surface area contributed by atoms with Gasteiger partial charge in [-0.25, -0.2) is 4.98 Å². The monoisotopic (exact) mass is 448 g/mol. The average molecular weight is 449 g/mol. The summed E-state index contributed by atoms with van der Waals surface area (Å²) < 4.78 is 24.4. The number of ether oxygens (including phenoxy) is 2. The lowest BCUT2D eigenvalue weighted by Gasteiger charge is -2.38. The highest BCUT2D eigenvalue weighted by Crippen LogP contribution is 2.47. The Labute approximate surface area is 185 Å². The second kappa shape index (κ2) is 9.23. The van der Waals surface area contributed by atoms with Gasteiger partial charge in [-0.1, -0.05) is 6.92 Å². The Morgan fingerprint density at radius 3 is 2.80 bits per heavy atom. The van der Waals surface area contributed by atoms with E-state index in [1.807, 2.05) is 24.5 Å². The van der Waals surface area contributed by atoms with Gasteiger partial charge in [0.25, 0.3) is 0 Å². The fraction of sp³-hybridized carbons (Fsp3) is 0.696. The Kier molecular flexibility index (Phi) is 6.42. The van der Waals surface area contributed by atoms with Gasteiger partial charge in [-0.05, 0) is 56.1 Å². The van der Waals surface area contributed by atoms with Crippen LogP contribution < -0.4 is 4.74 Å². The Morgan fingerprint density at radius 2 is 2.03 bits per heavy atom. The van der Waals surface area contributed by atoms with Gasteiger partial charge in [-0.2, -0.15) is 0 Å². The number of pyridine rings is 1. The zero-order valence-corrected chi connectivity index (χ0v) is 19.4. The van der Waals surface area contributed by atoms with Crippen molar-refractivity contribution in [2.24, 2.45) is 0 Å². The molecule has 0 spiro atoms. The molecule has 0 amide bonds. The molecule has 1 aliphatic heterocycles. The van der Waals surface area contributed by atoms with Crippen molar-refractivity contribution in [3.63, 3.8) is 0 Å². The highest BCUT2D eigenvalue weighted by molar-refractivity contribution is 7.84. The normalized spacial score (nSPS) is 28.5. The summed E-state index contributed by atoms with van der Waals surface area (Å²) in [6.07, 6.45) is 9.02. The molecule has 3 heterocycles. The minimum atomic E-state index is -0.741. The first-order valence-electron chi connectivity index (χ1n) is 11.5. The van der Waals surface area contributed by atoms with Crippen LogP contribution >= 0.6 is 11.3 Å². The summed E-state index contributed by atoms with van der Waals surface area (Å²) in [6.45, 7) is 5.91. The third kappa shape index (κ3) is 4.18. The number of hydrogen-bond donors (Lipinski definition) is 0. The lowest BCUT2D eigenvalue weighted by atomic mass is 9.91. The molecule has 5 rings (SSSR count). The van der Waals surface area contributed by atoms with E-state index in [9.17, 15) is 4.21 Å². The van der Waals surface area contributed by atoms with E-state index < -0.39 is 10.8 Å². The first-order chi connectivity index (χ1) is 14.7. The summed E-state index contributed by atoms with van der Waals surface area (Å²) in [5.74, 6) is 2.90. The first-order valence-corrected chi connectivity index (χ1v) is 13.8. The predicted molar refractivity (Wildman–Crippen MR) is 123 cm³/mol. The topological polar surface area (TPSA) is 51.7 Å². The van der Waals surface area contributed by atoms with Crippen LogP contribution in [0, 0.1) is 0 Å². The van der Waals surface area contributed by atoms with E-state index in [1.54, 1.807) is 0 Å². The second-order valence-electron chi connectivity index (χ2n) is 8.76. The minimum Gasteiger partial charge on any atom is -0.490 e. The highest BCUT2D eigenvalue weighted by Gasteiger charge is 2.32. The van der Waals surface area contributed by atoms with E-state index in [0.29, 0.717) is 12.0 Å². The van der Waals surface area contributed by atoms with Crippen molar-refractivity contribution in [3.05, 3.63) is 22.7 Å². The summed E-state index contributed by atoms with van der Waals surface area (Å²) >= 11 is 1.81. The quantitative estimate of drug-likeness (QED) is 0.665. The van der Waals surface area contributed by atoms with Crippen LogP contribution in [0.5, 0.6) is 5.75 Å².